The van der Waals surface area contributed by atoms with Gasteiger partial charge in [-0.1, -0.05) is 0 Å². The fourth-order valence-corrected chi connectivity index (χ4v) is 1.60. The van der Waals surface area contributed by atoms with Crippen molar-refractivity contribution in [3.05, 3.63) is 0 Å². The SMILES string of the molecule is O=C(CCCCC(F)(F)F)NOC1CCCCO1. The highest BCUT2D eigenvalue weighted by atomic mass is 19.4. The third-order valence-corrected chi connectivity index (χ3v) is 2.56. The van der Waals surface area contributed by atoms with Gasteiger partial charge in [0.1, 0.15) is 0 Å². The van der Waals surface area contributed by atoms with Crippen LogP contribution in [0.5, 0.6) is 0 Å². The molecule has 1 unspecified atom stereocenters. The maximum Gasteiger partial charge on any atom is 0.389 e. The summed E-state index contributed by atoms with van der Waals surface area (Å²) in [4.78, 5) is 16.2. The molecule has 1 aliphatic rings. The number of carbonyl (C=O) groups is 1. The number of hydrogen-bond donors (Lipinski definition) is 1. The third-order valence-electron chi connectivity index (χ3n) is 2.56. The van der Waals surface area contributed by atoms with Crippen LogP contribution >= 0.6 is 0 Å². The quantitative estimate of drug-likeness (QED) is 0.595. The number of unbranched alkanes of at least 4 members (excludes halogenated alkanes) is 1. The van der Waals surface area contributed by atoms with Gasteiger partial charge in [0, 0.05) is 25.9 Å². The smallest absolute Gasteiger partial charge is 0.350 e. The number of halogens is 3. The molecular formula is C11H18F3NO3. The lowest BCUT2D eigenvalue weighted by atomic mass is 10.2. The highest BCUT2D eigenvalue weighted by Crippen LogP contribution is 2.22. The largest absolute Gasteiger partial charge is 0.389 e. The predicted molar refractivity (Wildman–Crippen MR) is 57.3 cm³/mol. The lowest BCUT2D eigenvalue weighted by Crippen LogP contribution is -2.32. The van der Waals surface area contributed by atoms with Crippen molar-refractivity contribution in [2.75, 3.05) is 6.61 Å². The Labute approximate surface area is 104 Å². The maximum absolute atomic E-state index is 11.8. The average molecular weight is 269 g/mol. The van der Waals surface area contributed by atoms with Crippen LogP contribution in [0, 0.1) is 0 Å². The number of hydroxylamine groups is 1. The molecule has 1 fully saturated rings. The number of ether oxygens (including phenoxy) is 1. The van der Waals surface area contributed by atoms with Crippen molar-refractivity contribution >= 4 is 5.91 Å². The van der Waals surface area contributed by atoms with Gasteiger partial charge in [0.15, 0.2) is 6.29 Å². The van der Waals surface area contributed by atoms with E-state index in [4.69, 9.17) is 9.57 Å². The molecule has 1 rings (SSSR count). The Morgan fingerprint density at radius 2 is 2.11 bits per heavy atom. The topological polar surface area (TPSA) is 47.6 Å². The summed E-state index contributed by atoms with van der Waals surface area (Å²) in [6.07, 6.45) is -2.58. The number of carbonyl (C=O) groups excluding carboxylic acids is 1. The average Bonchev–Trinajstić information content (AvgIpc) is 2.32. The molecule has 1 saturated heterocycles. The fourth-order valence-electron chi connectivity index (χ4n) is 1.60. The van der Waals surface area contributed by atoms with Crippen molar-refractivity contribution in [2.24, 2.45) is 0 Å². The van der Waals surface area contributed by atoms with E-state index in [0.29, 0.717) is 13.0 Å². The van der Waals surface area contributed by atoms with E-state index in [-0.39, 0.29) is 19.3 Å². The van der Waals surface area contributed by atoms with E-state index in [0.717, 1.165) is 12.8 Å². The van der Waals surface area contributed by atoms with Crippen LogP contribution in [0.25, 0.3) is 0 Å². The van der Waals surface area contributed by atoms with Gasteiger partial charge in [0.2, 0.25) is 5.91 Å². The Morgan fingerprint density at radius 1 is 1.33 bits per heavy atom. The van der Waals surface area contributed by atoms with Crippen LogP contribution < -0.4 is 5.48 Å². The Morgan fingerprint density at radius 3 is 2.72 bits per heavy atom. The predicted octanol–water partition coefficient (Wildman–Crippen LogP) is 2.68. The summed E-state index contributed by atoms with van der Waals surface area (Å²) in [6.45, 7) is 0.603. The highest BCUT2D eigenvalue weighted by Gasteiger charge is 2.26. The molecule has 106 valence electrons. The molecule has 1 atom stereocenters. The van der Waals surface area contributed by atoms with Gasteiger partial charge in [-0.3, -0.25) is 4.79 Å². The summed E-state index contributed by atoms with van der Waals surface area (Å²) in [5.41, 5.74) is 2.20. The number of alkyl halides is 3. The van der Waals surface area contributed by atoms with E-state index < -0.39 is 24.8 Å². The van der Waals surface area contributed by atoms with Crippen LogP contribution in [0.1, 0.15) is 44.9 Å². The molecule has 1 N–H and O–H groups in total. The van der Waals surface area contributed by atoms with E-state index in [9.17, 15) is 18.0 Å². The van der Waals surface area contributed by atoms with Crippen LogP contribution in [0.3, 0.4) is 0 Å². The molecule has 1 aliphatic heterocycles. The number of amides is 1. The van der Waals surface area contributed by atoms with Gasteiger partial charge in [-0.05, 0) is 25.7 Å². The standard InChI is InChI=1S/C11H18F3NO3/c12-11(13,14)7-3-1-5-9(16)15-18-10-6-2-4-8-17-10/h10H,1-8H2,(H,15,16). The monoisotopic (exact) mass is 269 g/mol. The summed E-state index contributed by atoms with van der Waals surface area (Å²) >= 11 is 0. The Balaban J connectivity index is 2.00. The molecule has 0 aromatic carbocycles. The minimum Gasteiger partial charge on any atom is -0.350 e. The summed E-state index contributed by atoms with van der Waals surface area (Å²) in [7, 11) is 0. The van der Waals surface area contributed by atoms with E-state index >= 15 is 0 Å². The summed E-state index contributed by atoms with van der Waals surface area (Å²) in [6, 6.07) is 0. The molecule has 7 heteroatoms. The molecule has 0 radical (unpaired) electrons. The molecule has 0 saturated carbocycles. The van der Waals surface area contributed by atoms with Gasteiger partial charge < -0.3 is 4.74 Å². The van der Waals surface area contributed by atoms with Gasteiger partial charge in [-0.15, -0.1) is 0 Å². The molecule has 18 heavy (non-hydrogen) atoms. The molecular weight excluding hydrogens is 251 g/mol. The van der Waals surface area contributed by atoms with E-state index in [1.54, 1.807) is 0 Å². The minimum atomic E-state index is -4.15. The third kappa shape index (κ3) is 7.50. The lowest BCUT2D eigenvalue weighted by molar-refractivity contribution is -0.200. The number of nitrogens with one attached hydrogen (secondary N) is 1. The number of rotatable bonds is 6. The molecule has 1 heterocycles. The zero-order valence-electron chi connectivity index (χ0n) is 10.1. The van der Waals surface area contributed by atoms with E-state index in [1.165, 1.54) is 0 Å². The van der Waals surface area contributed by atoms with Gasteiger partial charge in [-0.25, -0.2) is 10.3 Å². The van der Waals surface area contributed by atoms with E-state index in [1.807, 2.05) is 0 Å². The zero-order chi connectivity index (χ0) is 13.4. The first-order chi connectivity index (χ1) is 8.47. The van der Waals surface area contributed by atoms with Crippen LogP contribution in [0.15, 0.2) is 0 Å². The van der Waals surface area contributed by atoms with Gasteiger partial charge >= 0.3 is 6.18 Å². The first-order valence-electron chi connectivity index (χ1n) is 6.10. The van der Waals surface area contributed by atoms with Crippen LogP contribution in [-0.2, 0) is 14.4 Å². The van der Waals surface area contributed by atoms with Crippen molar-refractivity contribution in [3.8, 4) is 0 Å². The second kappa shape index (κ2) is 7.58. The Kier molecular flexibility index (Phi) is 6.42. The molecule has 0 aliphatic carbocycles. The Bertz CT molecular complexity index is 252. The minimum absolute atomic E-state index is 0.0306. The van der Waals surface area contributed by atoms with E-state index in [2.05, 4.69) is 5.48 Å². The van der Waals surface area contributed by atoms with Gasteiger partial charge in [0.25, 0.3) is 0 Å². The van der Waals surface area contributed by atoms with Crippen molar-refractivity contribution in [3.63, 3.8) is 0 Å². The number of hydrogen-bond acceptors (Lipinski definition) is 3. The first-order valence-corrected chi connectivity index (χ1v) is 6.10. The molecule has 1 amide bonds. The molecule has 0 spiro atoms. The zero-order valence-corrected chi connectivity index (χ0v) is 10.1. The first kappa shape index (κ1) is 15.2. The summed E-state index contributed by atoms with van der Waals surface area (Å²) < 4.78 is 40.7. The van der Waals surface area contributed by atoms with Gasteiger partial charge in [-0.2, -0.15) is 13.2 Å². The maximum atomic E-state index is 11.8. The second-order valence-electron chi connectivity index (χ2n) is 4.26. The van der Waals surface area contributed by atoms with Crippen molar-refractivity contribution < 1.29 is 27.5 Å². The van der Waals surface area contributed by atoms with Crippen LogP contribution in [0.4, 0.5) is 13.2 Å². The summed E-state index contributed by atoms with van der Waals surface area (Å²) in [5, 5.41) is 0. The normalized spacial score (nSPS) is 20.7. The fraction of sp³-hybridized carbons (Fsp3) is 0.909. The van der Waals surface area contributed by atoms with Crippen molar-refractivity contribution in [2.45, 2.75) is 57.4 Å². The second-order valence-corrected chi connectivity index (χ2v) is 4.26. The summed E-state index contributed by atoms with van der Waals surface area (Å²) in [5.74, 6) is -0.411. The van der Waals surface area contributed by atoms with Crippen molar-refractivity contribution in [1.29, 1.82) is 0 Å². The molecule has 0 aromatic rings. The van der Waals surface area contributed by atoms with Gasteiger partial charge in [0.05, 0.1) is 0 Å². The lowest BCUT2D eigenvalue weighted by Gasteiger charge is -2.22. The highest BCUT2D eigenvalue weighted by molar-refractivity contribution is 5.74. The van der Waals surface area contributed by atoms with Crippen LogP contribution in [0.2, 0.25) is 0 Å². The Hall–Kier alpha value is -0.820. The molecule has 0 bridgehead atoms. The van der Waals surface area contributed by atoms with Crippen LogP contribution in [-0.4, -0.2) is 25.0 Å². The molecule has 4 nitrogen and oxygen atoms in total. The van der Waals surface area contributed by atoms with Crippen molar-refractivity contribution in [1.82, 2.24) is 5.48 Å². The molecule has 0 aromatic heterocycles.